The number of carbonyl (C=O) groups excluding carboxylic acids is 1. The van der Waals surface area contributed by atoms with E-state index in [1.54, 1.807) is 6.07 Å². The number of nitrogens with two attached hydrogens (primary N) is 2. The molecule has 1 saturated heterocycles. The third-order valence-corrected chi connectivity index (χ3v) is 5.71. The van der Waals surface area contributed by atoms with Crippen molar-refractivity contribution in [2.75, 3.05) is 35.8 Å². The van der Waals surface area contributed by atoms with Gasteiger partial charge < -0.3 is 16.4 Å². The molecule has 0 saturated carbocycles. The van der Waals surface area contributed by atoms with Crippen LogP contribution in [0, 0.1) is 0 Å². The molecule has 1 aliphatic heterocycles. The van der Waals surface area contributed by atoms with Gasteiger partial charge in [-0.05, 0) is 18.2 Å². The molecule has 20 heavy (non-hydrogen) atoms. The van der Waals surface area contributed by atoms with E-state index in [4.69, 9.17) is 11.5 Å². The third-order valence-electron chi connectivity index (χ3n) is 3.06. The smallest absolute Gasteiger partial charge is 0.255 e. The molecule has 1 aromatic rings. The zero-order chi connectivity index (χ0) is 14.9. The predicted octanol–water partition coefficient (Wildman–Crippen LogP) is 0.411. The Morgan fingerprint density at radius 2 is 1.90 bits per heavy atom. The van der Waals surface area contributed by atoms with Gasteiger partial charge in [0.15, 0.2) is 9.84 Å². The molecular weight excluding hydrogens is 298 g/mol. The summed E-state index contributed by atoms with van der Waals surface area (Å²) in [7, 11) is -3.33. The number of sulfone groups is 1. The standard InChI is InChI=1S/C12H17N3O3S2/c1-20(17,18)11-7-19-3-2-15(11)12(16)8-4-9(13)6-10(14)5-8/h4-6,11H,2-3,7,13-14H2,1H3. The first kappa shape index (κ1) is 15.0. The summed E-state index contributed by atoms with van der Waals surface area (Å²) in [5, 5.41) is -0.795. The lowest BCUT2D eigenvalue weighted by atomic mass is 10.1. The molecule has 1 atom stereocenters. The van der Waals surface area contributed by atoms with Crippen LogP contribution in [0.25, 0.3) is 0 Å². The number of benzene rings is 1. The number of rotatable bonds is 2. The minimum absolute atomic E-state index is 0.322. The third kappa shape index (κ3) is 3.18. The van der Waals surface area contributed by atoms with Gasteiger partial charge in [-0.3, -0.25) is 4.79 Å². The average Bonchev–Trinajstić information content (AvgIpc) is 2.35. The van der Waals surface area contributed by atoms with Gasteiger partial charge in [-0.25, -0.2) is 8.42 Å². The Morgan fingerprint density at radius 3 is 2.45 bits per heavy atom. The van der Waals surface area contributed by atoms with Gasteiger partial charge in [-0.2, -0.15) is 11.8 Å². The lowest BCUT2D eigenvalue weighted by Crippen LogP contribution is -2.49. The summed E-state index contributed by atoms with van der Waals surface area (Å²) in [6, 6.07) is 4.58. The molecule has 2 rings (SSSR count). The first-order valence-electron chi connectivity index (χ1n) is 6.02. The number of amides is 1. The molecule has 0 aliphatic carbocycles. The van der Waals surface area contributed by atoms with Crippen molar-refractivity contribution in [3.63, 3.8) is 0 Å². The van der Waals surface area contributed by atoms with Gasteiger partial charge in [0.1, 0.15) is 5.37 Å². The highest BCUT2D eigenvalue weighted by Gasteiger charge is 2.34. The quantitative estimate of drug-likeness (QED) is 0.766. The van der Waals surface area contributed by atoms with E-state index in [9.17, 15) is 13.2 Å². The molecule has 1 fully saturated rings. The molecular formula is C12H17N3O3S2. The van der Waals surface area contributed by atoms with Crippen LogP contribution in [0.15, 0.2) is 18.2 Å². The summed E-state index contributed by atoms with van der Waals surface area (Å²) in [4.78, 5) is 13.9. The number of hydrogen-bond donors (Lipinski definition) is 2. The number of hydrogen-bond acceptors (Lipinski definition) is 6. The molecule has 1 unspecified atom stereocenters. The minimum atomic E-state index is -3.33. The molecule has 4 N–H and O–H groups in total. The Kier molecular flexibility index (Phi) is 4.14. The number of anilines is 2. The highest BCUT2D eigenvalue weighted by atomic mass is 32.2. The second kappa shape index (κ2) is 5.53. The van der Waals surface area contributed by atoms with Gasteiger partial charge in [0, 0.05) is 41.2 Å². The Hall–Kier alpha value is -1.41. The molecule has 0 aromatic heterocycles. The van der Waals surface area contributed by atoms with E-state index < -0.39 is 15.2 Å². The van der Waals surface area contributed by atoms with Crippen molar-refractivity contribution in [1.29, 1.82) is 0 Å². The zero-order valence-corrected chi connectivity index (χ0v) is 12.7. The van der Waals surface area contributed by atoms with Crippen LogP contribution in [0.1, 0.15) is 10.4 Å². The molecule has 1 aromatic carbocycles. The van der Waals surface area contributed by atoms with Crippen molar-refractivity contribution in [2.45, 2.75) is 5.37 Å². The van der Waals surface area contributed by atoms with Gasteiger partial charge >= 0.3 is 0 Å². The van der Waals surface area contributed by atoms with E-state index in [1.807, 2.05) is 0 Å². The molecule has 1 amide bonds. The van der Waals surface area contributed by atoms with Crippen LogP contribution in [0.5, 0.6) is 0 Å². The largest absolute Gasteiger partial charge is 0.399 e. The van der Waals surface area contributed by atoms with Crippen molar-refractivity contribution >= 4 is 38.9 Å². The van der Waals surface area contributed by atoms with Crippen LogP contribution in [0.4, 0.5) is 11.4 Å². The van der Waals surface area contributed by atoms with Crippen LogP contribution < -0.4 is 11.5 Å². The SMILES string of the molecule is CS(=O)(=O)C1CSCCN1C(=O)c1cc(N)cc(N)c1. The number of thioether (sulfide) groups is 1. The maximum atomic E-state index is 12.5. The van der Waals surface area contributed by atoms with Gasteiger partial charge in [0.2, 0.25) is 0 Å². The van der Waals surface area contributed by atoms with E-state index >= 15 is 0 Å². The zero-order valence-electron chi connectivity index (χ0n) is 11.1. The molecule has 8 heteroatoms. The van der Waals surface area contributed by atoms with Gasteiger partial charge in [-0.1, -0.05) is 0 Å². The first-order valence-corrected chi connectivity index (χ1v) is 9.13. The van der Waals surface area contributed by atoms with Gasteiger partial charge in [0.05, 0.1) is 0 Å². The van der Waals surface area contributed by atoms with Crippen LogP contribution >= 0.6 is 11.8 Å². The summed E-state index contributed by atoms with van der Waals surface area (Å²) in [6.07, 6.45) is 1.15. The maximum Gasteiger partial charge on any atom is 0.255 e. The molecule has 0 bridgehead atoms. The number of carbonyl (C=O) groups is 1. The van der Waals surface area contributed by atoms with Crippen molar-refractivity contribution < 1.29 is 13.2 Å². The van der Waals surface area contributed by atoms with Gasteiger partial charge in [-0.15, -0.1) is 0 Å². The molecule has 1 aliphatic rings. The van der Waals surface area contributed by atoms with E-state index in [0.717, 1.165) is 12.0 Å². The fraction of sp³-hybridized carbons (Fsp3) is 0.417. The molecule has 0 radical (unpaired) electrons. The summed E-state index contributed by atoms with van der Waals surface area (Å²) in [5.41, 5.74) is 12.4. The summed E-state index contributed by atoms with van der Waals surface area (Å²) >= 11 is 1.53. The van der Waals surface area contributed by atoms with Gasteiger partial charge in [0.25, 0.3) is 5.91 Å². The fourth-order valence-electron chi connectivity index (χ4n) is 2.13. The molecule has 0 spiro atoms. The lowest BCUT2D eigenvalue weighted by molar-refractivity contribution is 0.0749. The number of nitrogens with zero attached hydrogens (tertiary/aromatic N) is 1. The normalized spacial score (nSPS) is 19.9. The predicted molar refractivity (Wildman–Crippen MR) is 82.3 cm³/mol. The van der Waals surface area contributed by atoms with Crippen LogP contribution in [0.3, 0.4) is 0 Å². The van der Waals surface area contributed by atoms with Crippen molar-refractivity contribution in [3.05, 3.63) is 23.8 Å². The Bertz CT molecular complexity index is 611. The highest BCUT2D eigenvalue weighted by molar-refractivity contribution is 8.00. The minimum Gasteiger partial charge on any atom is -0.399 e. The van der Waals surface area contributed by atoms with Crippen molar-refractivity contribution in [3.8, 4) is 0 Å². The second-order valence-corrected chi connectivity index (χ2v) is 8.10. The van der Waals surface area contributed by atoms with Crippen molar-refractivity contribution in [2.24, 2.45) is 0 Å². The van der Waals surface area contributed by atoms with Crippen LogP contribution in [-0.4, -0.2) is 48.9 Å². The second-order valence-electron chi connectivity index (χ2n) is 4.75. The van der Waals surface area contributed by atoms with E-state index in [2.05, 4.69) is 0 Å². The molecule has 1 heterocycles. The first-order chi connectivity index (χ1) is 9.29. The molecule has 6 nitrogen and oxygen atoms in total. The Labute approximate surface area is 122 Å². The van der Waals surface area contributed by atoms with E-state index in [-0.39, 0.29) is 5.91 Å². The van der Waals surface area contributed by atoms with Crippen LogP contribution in [-0.2, 0) is 9.84 Å². The topological polar surface area (TPSA) is 106 Å². The monoisotopic (exact) mass is 315 g/mol. The van der Waals surface area contributed by atoms with E-state index in [0.29, 0.717) is 29.2 Å². The fourth-order valence-corrected chi connectivity index (χ4v) is 4.95. The van der Waals surface area contributed by atoms with Crippen LogP contribution in [0.2, 0.25) is 0 Å². The molecule has 110 valence electrons. The summed E-state index contributed by atoms with van der Waals surface area (Å²) < 4.78 is 23.6. The Morgan fingerprint density at radius 1 is 1.30 bits per heavy atom. The maximum absolute atomic E-state index is 12.5. The Balaban J connectivity index is 2.35. The average molecular weight is 315 g/mol. The van der Waals surface area contributed by atoms with Crippen molar-refractivity contribution in [1.82, 2.24) is 4.90 Å². The summed E-state index contributed by atoms with van der Waals surface area (Å²) in [5.74, 6) is 0.762. The number of nitrogen functional groups attached to an aromatic ring is 2. The highest BCUT2D eigenvalue weighted by Crippen LogP contribution is 2.24. The summed E-state index contributed by atoms with van der Waals surface area (Å²) in [6.45, 7) is 0.399. The lowest BCUT2D eigenvalue weighted by Gasteiger charge is -2.34. The van der Waals surface area contributed by atoms with E-state index in [1.165, 1.54) is 28.8 Å².